The predicted octanol–water partition coefficient (Wildman–Crippen LogP) is 3.63. The van der Waals surface area contributed by atoms with Crippen molar-refractivity contribution in [3.63, 3.8) is 0 Å². The maximum atomic E-state index is 12.0. The molecule has 0 amide bonds. The van der Waals surface area contributed by atoms with Gasteiger partial charge >= 0.3 is 5.97 Å². The molecule has 0 fully saturated rings. The molecule has 0 saturated carbocycles. The molecule has 4 heteroatoms. The molecular weight excluding hydrogens is 266 g/mol. The Kier molecular flexibility index (Phi) is 13.5. The Hall–Kier alpha value is -0.900. The third-order valence-corrected chi connectivity index (χ3v) is 3.44. The van der Waals surface area contributed by atoms with E-state index in [2.05, 4.69) is 19.2 Å². The Bertz CT molecular complexity index is 279. The molecule has 0 spiro atoms. The Morgan fingerprint density at radius 2 is 1.57 bits per heavy atom. The maximum Gasteiger partial charge on any atom is 0.323 e. The largest absolute Gasteiger partial charge is 0.465 e. The lowest BCUT2D eigenvalue weighted by molar-refractivity contribution is -0.147. The van der Waals surface area contributed by atoms with Crippen molar-refractivity contribution in [2.45, 2.75) is 84.6 Å². The number of esters is 1. The molecule has 0 bridgehead atoms. The van der Waals surface area contributed by atoms with E-state index in [9.17, 15) is 9.59 Å². The molecule has 0 rings (SSSR count). The Balaban J connectivity index is 3.96. The van der Waals surface area contributed by atoms with Crippen LogP contribution in [0.15, 0.2) is 0 Å². The van der Waals surface area contributed by atoms with Gasteiger partial charge in [0.1, 0.15) is 11.8 Å². The standard InChI is InChI=1S/C17H33NO3/c1-4-6-8-10-12-18-16(14-15(3)19)17(20)21-13-11-9-7-5-2/h16,18H,4-14H2,1-3H3. The summed E-state index contributed by atoms with van der Waals surface area (Å²) in [4.78, 5) is 23.3. The zero-order valence-electron chi connectivity index (χ0n) is 14.1. The smallest absolute Gasteiger partial charge is 0.323 e. The van der Waals surface area contributed by atoms with E-state index in [-0.39, 0.29) is 18.2 Å². The molecule has 0 heterocycles. The highest BCUT2D eigenvalue weighted by atomic mass is 16.5. The highest BCUT2D eigenvalue weighted by Gasteiger charge is 2.20. The zero-order chi connectivity index (χ0) is 15.9. The maximum absolute atomic E-state index is 12.0. The summed E-state index contributed by atoms with van der Waals surface area (Å²) in [6.07, 6.45) is 9.15. The number of carbonyl (C=O) groups excluding carboxylic acids is 2. The van der Waals surface area contributed by atoms with E-state index < -0.39 is 6.04 Å². The van der Waals surface area contributed by atoms with Gasteiger partial charge in [0.15, 0.2) is 0 Å². The lowest BCUT2D eigenvalue weighted by Crippen LogP contribution is -2.40. The summed E-state index contributed by atoms with van der Waals surface area (Å²) in [5.74, 6) is -0.263. The quantitative estimate of drug-likeness (QED) is 0.393. The van der Waals surface area contributed by atoms with Crippen molar-refractivity contribution in [3.8, 4) is 0 Å². The molecule has 21 heavy (non-hydrogen) atoms. The molecule has 0 aromatic rings. The second-order valence-electron chi connectivity index (χ2n) is 5.70. The van der Waals surface area contributed by atoms with Gasteiger partial charge < -0.3 is 10.1 Å². The van der Waals surface area contributed by atoms with Crippen molar-refractivity contribution in [1.29, 1.82) is 0 Å². The average molecular weight is 299 g/mol. The van der Waals surface area contributed by atoms with Crippen molar-refractivity contribution in [3.05, 3.63) is 0 Å². The fraction of sp³-hybridized carbons (Fsp3) is 0.882. The number of ether oxygens (including phenoxy) is 1. The van der Waals surface area contributed by atoms with Crippen LogP contribution < -0.4 is 5.32 Å². The first kappa shape index (κ1) is 20.1. The van der Waals surface area contributed by atoms with E-state index in [1.54, 1.807) is 0 Å². The number of hydrogen-bond acceptors (Lipinski definition) is 4. The number of carbonyl (C=O) groups is 2. The number of Topliss-reactive ketones (excluding diaryl/α,β-unsaturated/α-hetero) is 1. The van der Waals surface area contributed by atoms with Crippen LogP contribution in [0.5, 0.6) is 0 Å². The number of nitrogens with one attached hydrogen (secondary N) is 1. The fourth-order valence-corrected chi connectivity index (χ4v) is 2.16. The first-order valence-electron chi connectivity index (χ1n) is 8.51. The molecule has 0 aromatic carbocycles. The summed E-state index contributed by atoms with van der Waals surface area (Å²) >= 11 is 0. The van der Waals surface area contributed by atoms with Gasteiger partial charge in [0, 0.05) is 6.42 Å². The van der Waals surface area contributed by atoms with Crippen molar-refractivity contribution < 1.29 is 14.3 Å². The number of hydrogen-bond donors (Lipinski definition) is 1. The van der Waals surface area contributed by atoms with Crippen molar-refractivity contribution >= 4 is 11.8 Å². The Morgan fingerprint density at radius 1 is 0.952 bits per heavy atom. The minimum absolute atomic E-state index is 0.0176. The Labute approximate surface area is 130 Å². The molecule has 1 atom stereocenters. The molecule has 0 aliphatic carbocycles. The van der Waals surface area contributed by atoms with E-state index in [1.165, 1.54) is 32.6 Å². The minimum atomic E-state index is -0.477. The van der Waals surface area contributed by atoms with Gasteiger partial charge in [-0.1, -0.05) is 52.4 Å². The summed E-state index contributed by atoms with van der Waals surface area (Å²) in [5.41, 5.74) is 0. The van der Waals surface area contributed by atoms with Crippen molar-refractivity contribution in [2.24, 2.45) is 0 Å². The SMILES string of the molecule is CCCCCCNC(CC(C)=O)C(=O)OCCCCCC. The molecule has 0 saturated heterocycles. The van der Waals surface area contributed by atoms with Gasteiger partial charge in [-0.3, -0.25) is 9.59 Å². The van der Waals surface area contributed by atoms with Gasteiger partial charge in [-0.05, 0) is 26.3 Å². The lowest BCUT2D eigenvalue weighted by Gasteiger charge is -2.16. The summed E-state index contributed by atoms with van der Waals surface area (Å²) in [5, 5.41) is 3.17. The van der Waals surface area contributed by atoms with Gasteiger partial charge in [-0.2, -0.15) is 0 Å². The molecular formula is C17H33NO3. The van der Waals surface area contributed by atoms with Crippen LogP contribution in [0.1, 0.15) is 78.6 Å². The van der Waals surface area contributed by atoms with Crippen LogP contribution in [-0.4, -0.2) is 30.9 Å². The molecule has 1 unspecified atom stereocenters. The monoisotopic (exact) mass is 299 g/mol. The molecule has 0 aromatic heterocycles. The summed E-state index contributed by atoms with van der Waals surface area (Å²) < 4.78 is 5.28. The third-order valence-electron chi connectivity index (χ3n) is 3.44. The predicted molar refractivity (Wildman–Crippen MR) is 86.3 cm³/mol. The van der Waals surface area contributed by atoms with Crippen molar-refractivity contribution in [1.82, 2.24) is 5.32 Å². The van der Waals surface area contributed by atoms with Gasteiger partial charge in [0.25, 0.3) is 0 Å². The van der Waals surface area contributed by atoms with Crippen LogP contribution in [0.2, 0.25) is 0 Å². The summed E-state index contributed by atoms with van der Waals surface area (Å²) in [6, 6.07) is -0.477. The molecule has 4 nitrogen and oxygen atoms in total. The van der Waals surface area contributed by atoms with Crippen LogP contribution in [-0.2, 0) is 14.3 Å². The van der Waals surface area contributed by atoms with Crippen LogP contribution in [0.4, 0.5) is 0 Å². The Morgan fingerprint density at radius 3 is 2.14 bits per heavy atom. The molecule has 1 N–H and O–H groups in total. The first-order chi connectivity index (χ1) is 10.1. The van der Waals surface area contributed by atoms with E-state index in [0.717, 1.165) is 32.2 Å². The van der Waals surface area contributed by atoms with E-state index >= 15 is 0 Å². The molecule has 124 valence electrons. The van der Waals surface area contributed by atoms with Crippen LogP contribution >= 0.6 is 0 Å². The average Bonchev–Trinajstić information content (AvgIpc) is 2.45. The van der Waals surface area contributed by atoms with Crippen LogP contribution in [0, 0.1) is 0 Å². The number of ketones is 1. The topological polar surface area (TPSA) is 55.4 Å². The van der Waals surface area contributed by atoms with Gasteiger partial charge in [0.05, 0.1) is 6.61 Å². The second kappa shape index (κ2) is 14.1. The van der Waals surface area contributed by atoms with Crippen LogP contribution in [0.25, 0.3) is 0 Å². The van der Waals surface area contributed by atoms with E-state index in [0.29, 0.717) is 6.61 Å². The van der Waals surface area contributed by atoms with Gasteiger partial charge in [-0.25, -0.2) is 0 Å². The number of unbranched alkanes of at least 4 members (excludes halogenated alkanes) is 6. The third kappa shape index (κ3) is 12.5. The van der Waals surface area contributed by atoms with E-state index in [4.69, 9.17) is 4.74 Å². The van der Waals surface area contributed by atoms with Gasteiger partial charge in [0.2, 0.25) is 0 Å². The lowest BCUT2D eigenvalue weighted by atomic mass is 10.1. The molecule has 0 aliphatic rings. The normalized spacial score (nSPS) is 12.1. The molecule has 0 aliphatic heterocycles. The second-order valence-corrected chi connectivity index (χ2v) is 5.70. The summed E-state index contributed by atoms with van der Waals surface area (Å²) in [6.45, 7) is 7.06. The van der Waals surface area contributed by atoms with Crippen molar-refractivity contribution in [2.75, 3.05) is 13.2 Å². The summed E-state index contributed by atoms with van der Waals surface area (Å²) in [7, 11) is 0. The fourth-order valence-electron chi connectivity index (χ4n) is 2.16. The first-order valence-corrected chi connectivity index (χ1v) is 8.51. The highest BCUT2D eigenvalue weighted by Crippen LogP contribution is 2.03. The van der Waals surface area contributed by atoms with Gasteiger partial charge in [-0.15, -0.1) is 0 Å². The van der Waals surface area contributed by atoms with Crippen LogP contribution in [0.3, 0.4) is 0 Å². The highest BCUT2D eigenvalue weighted by molar-refractivity contribution is 5.85. The zero-order valence-corrected chi connectivity index (χ0v) is 14.1. The molecule has 0 radical (unpaired) electrons. The minimum Gasteiger partial charge on any atom is -0.465 e. The number of rotatable bonds is 14. The van der Waals surface area contributed by atoms with E-state index in [1.807, 2.05) is 0 Å².